The van der Waals surface area contributed by atoms with Crippen molar-refractivity contribution in [2.24, 2.45) is 11.8 Å². The van der Waals surface area contributed by atoms with Crippen molar-refractivity contribution in [3.8, 4) is 11.5 Å². The number of rotatable bonds is 9. The van der Waals surface area contributed by atoms with Gasteiger partial charge in [0, 0.05) is 19.0 Å². The van der Waals surface area contributed by atoms with Crippen LogP contribution in [0.15, 0.2) is 28.7 Å². The number of aliphatic carboxylic acids is 1. The predicted octanol–water partition coefficient (Wildman–Crippen LogP) is 4.99. The van der Waals surface area contributed by atoms with Crippen molar-refractivity contribution < 1.29 is 23.8 Å². The number of hydrogen-bond acceptors (Lipinski definition) is 5. The number of nitrogens with zero attached hydrogens (tertiary/aromatic N) is 2. The summed E-state index contributed by atoms with van der Waals surface area (Å²) in [5, 5.41) is 9.64. The minimum Gasteiger partial charge on any atom is -0.480 e. The molecule has 0 saturated heterocycles. The summed E-state index contributed by atoms with van der Waals surface area (Å²) in [6, 6.07) is 7.26. The van der Waals surface area contributed by atoms with E-state index >= 15 is 0 Å². The molecular formula is C26H36N2O5. The largest absolute Gasteiger partial charge is 0.480 e. The van der Waals surface area contributed by atoms with Crippen molar-refractivity contribution in [1.29, 1.82) is 0 Å². The van der Waals surface area contributed by atoms with Gasteiger partial charge in [0.25, 0.3) is 0 Å². The number of benzene rings is 1. The van der Waals surface area contributed by atoms with E-state index in [4.69, 9.17) is 9.15 Å². The van der Waals surface area contributed by atoms with Crippen molar-refractivity contribution in [3.05, 3.63) is 41.3 Å². The van der Waals surface area contributed by atoms with Gasteiger partial charge < -0.3 is 19.2 Å². The van der Waals surface area contributed by atoms with E-state index in [2.05, 4.69) is 4.98 Å². The summed E-state index contributed by atoms with van der Waals surface area (Å²) in [6.07, 6.45) is 3.77. The second-order valence-electron chi connectivity index (χ2n) is 9.55. The van der Waals surface area contributed by atoms with Crippen LogP contribution in [0.25, 0.3) is 11.5 Å². The van der Waals surface area contributed by atoms with Gasteiger partial charge in [0.2, 0.25) is 11.8 Å². The van der Waals surface area contributed by atoms with Gasteiger partial charge in [-0.1, -0.05) is 38.0 Å². The Kier molecular flexibility index (Phi) is 8.30. The molecule has 1 amide bonds. The Labute approximate surface area is 196 Å². The van der Waals surface area contributed by atoms with Crippen LogP contribution in [0.4, 0.5) is 0 Å². The fraction of sp³-hybridized carbons (Fsp3) is 0.577. The zero-order valence-electron chi connectivity index (χ0n) is 20.3. The molecule has 0 radical (unpaired) electrons. The topological polar surface area (TPSA) is 92.9 Å². The van der Waals surface area contributed by atoms with Crippen molar-refractivity contribution in [2.45, 2.75) is 79.1 Å². The first-order valence-electron chi connectivity index (χ1n) is 11.8. The van der Waals surface area contributed by atoms with E-state index in [1.54, 1.807) is 0 Å². The molecule has 0 unspecified atom stereocenters. The molecule has 1 heterocycles. The minimum atomic E-state index is -0.949. The molecule has 1 aliphatic carbocycles. The van der Waals surface area contributed by atoms with Gasteiger partial charge in [-0.2, -0.15) is 0 Å². The smallest absolute Gasteiger partial charge is 0.326 e. The number of carboxylic acids is 1. The highest BCUT2D eigenvalue weighted by molar-refractivity contribution is 5.82. The first kappa shape index (κ1) is 25.0. The average Bonchev–Trinajstić information content (AvgIpc) is 3.12. The van der Waals surface area contributed by atoms with Crippen molar-refractivity contribution in [1.82, 2.24) is 9.88 Å². The number of ether oxygens (including phenoxy) is 1. The van der Waals surface area contributed by atoms with Gasteiger partial charge in [0.15, 0.2) is 0 Å². The third kappa shape index (κ3) is 6.44. The van der Waals surface area contributed by atoms with E-state index in [9.17, 15) is 14.7 Å². The highest BCUT2D eigenvalue weighted by Crippen LogP contribution is 2.30. The molecule has 3 atom stereocenters. The summed E-state index contributed by atoms with van der Waals surface area (Å²) in [5.74, 6) is 0.269. The maximum atomic E-state index is 12.2. The SMILES string of the molecule is CC(=O)N(C[C@H]1CCC[C@@H](OCc2nc(-c3ccc(C)cc3)oc2C)C1)[C@H](C(=O)O)C(C)C. The summed E-state index contributed by atoms with van der Waals surface area (Å²) in [6.45, 7) is 9.90. The van der Waals surface area contributed by atoms with Crippen LogP contribution >= 0.6 is 0 Å². The van der Waals surface area contributed by atoms with Gasteiger partial charge in [-0.05, 0) is 57.1 Å². The van der Waals surface area contributed by atoms with E-state index in [1.807, 2.05) is 52.0 Å². The molecule has 0 aliphatic heterocycles. The first-order chi connectivity index (χ1) is 15.7. The Morgan fingerprint density at radius 1 is 1.21 bits per heavy atom. The lowest BCUT2D eigenvalue weighted by molar-refractivity contribution is -0.152. The third-order valence-electron chi connectivity index (χ3n) is 6.46. The zero-order chi connectivity index (χ0) is 24.1. The number of carbonyl (C=O) groups excluding carboxylic acids is 1. The van der Waals surface area contributed by atoms with Gasteiger partial charge in [-0.15, -0.1) is 0 Å². The molecule has 1 fully saturated rings. The van der Waals surface area contributed by atoms with E-state index in [-0.39, 0.29) is 23.8 Å². The number of aryl methyl sites for hydroxylation is 2. The maximum Gasteiger partial charge on any atom is 0.326 e. The minimum absolute atomic E-state index is 0.0545. The lowest BCUT2D eigenvalue weighted by Gasteiger charge is -2.36. The Hall–Kier alpha value is -2.67. The van der Waals surface area contributed by atoms with Crippen LogP contribution in [0.2, 0.25) is 0 Å². The molecule has 2 aromatic rings. The summed E-state index contributed by atoms with van der Waals surface area (Å²) in [5.41, 5.74) is 2.92. The van der Waals surface area contributed by atoms with Crippen molar-refractivity contribution >= 4 is 11.9 Å². The van der Waals surface area contributed by atoms with Crippen molar-refractivity contribution in [2.75, 3.05) is 6.54 Å². The summed E-state index contributed by atoms with van der Waals surface area (Å²) in [4.78, 5) is 30.2. The van der Waals surface area contributed by atoms with Crippen molar-refractivity contribution in [3.63, 3.8) is 0 Å². The van der Waals surface area contributed by atoms with Crippen LogP contribution < -0.4 is 0 Å². The molecule has 180 valence electrons. The maximum absolute atomic E-state index is 12.2. The lowest BCUT2D eigenvalue weighted by Crippen LogP contribution is -2.49. The van der Waals surface area contributed by atoms with E-state index in [0.717, 1.165) is 42.7 Å². The number of carboxylic acid groups (broad SMARTS) is 1. The van der Waals surface area contributed by atoms with E-state index in [0.29, 0.717) is 19.0 Å². The zero-order valence-corrected chi connectivity index (χ0v) is 20.3. The molecule has 1 saturated carbocycles. The lowest BCUT2D eigenvalue weighted by atomic mass is 9.86. The molecule has 1 aromatic heterocycles. The van der Waals surface area contributed by atoms with Crippen LogP contribution in [0.1, 0.15) is 63.5 Å². The highest BCUT2D eigenvalue weighted by atomic mass is 16.5. The molecule has 1 N–H and O–H groups in total. The van der Waals surface area contributed by atoms with Gasteiger partial charge in [0.1, 0.15) is 17.5 Å². The second kappa shape index (κ2) is 11.0. The quantitative estimate of drug-likeness (QED) is 0.571. The van der Waals surface area contributed by atoms with E-state index < -0.39 is 12.0 Å². The number of aromatic nitrogens is 1. The molecular weight excluding hydrogens is 420 g/mol. The number of oxazole rings is 1. The van der Waals surface area contributed by atoms with Crippen LogP contribution in [0.3, 0.4) is 0 Å². The average molecular weight is 457 g/mol. The Morgan fingerprint density at radius 2 is 1.91 bits per heavy atom. The molecule has 7 nitrogen and oxygen atoms in total. The van der Waals surface area contributed by atoms with Gasteiger partial charge in [-0.25, -0.2) is 9.78 Å². The summed E-state index contributed by atoms with van der Waals surface area (Å²) < 4.78 is 12.1. The summed E-state index contributed by atoms with van der Waals surface area (Å²) in [7, 11) is 0. The first-order valence-corrected chi connectivity index (χ1v) is 11.8. The monoisotopic (exact) mass is 456 g/mol. The third-order valence-corrected chi connectivity index (χ3v) is 6.46. The van der Waals surface area contributed by atoms with Crippen LogP contribution in [0.5, 0.6) is 0 Å². The fourth-order valence-electron chi connectivity index (χ4n) is 4.63. The normalized spacial score (nSPS) is 19.5. The molecule has 0 spiro atoms. The fourth-order valence-corrected chi connectivity index (χ4v) is 4.63. The number of amides is 1. The van der Waals surface area contributed by atoms with Crippen LogP contribution in [-0.4, -0.2) is 45.6 Å². The van der Waals surface area contributed by atoms with E-state index in [1.165, 1.54) is 17.4 Å². The molecule has 0 bridgehead atoms. The molecule has 1 aromatic carbocycles. The molecule has 7 heteroatoms. The van der Waals surface area contributed by atoms with Gasteiger partial charge in [0.05, 0.1) is 12.7 Å². The standard InChI is InChI=1S/C26H36N2O5/c1-16(2)24(26(30)31)28(19(5)29)14-20-7-6-8-22(13-20)32-15-23-18(4)33-25(27-23)21-11-9-17(3)10-12-21/h9-12,16,20,22,24H,6-8,13-15H2,1-5H3,(H,30,31)/t20-,22+,24-/m0/s1. The molecule has 1 aliphatic rings. The van der Waals surface area contributed by atoms with Gasteiger partial charge in [-0.3, -0.25) is 4.79 Å². The number of hydrogen-bond donors (Lipinski definition) is 1. The van der Waals surface area contributed by atoms with Gasteiger partial charge >= 0.3 is 5.97 Å². The van der Waals surface area contributed by atoms with Crippen LogP contribution in [0, 0.1) is 25.7 Å². The number of carbonyl (C=O) groups is 2. The Morgan fingerprint density at radius 3 is 2.52 bits per heavy atom. The summed E-state index contributed by atoms with van der Waals surface area (Å²) >= 11 is 0. The molecule has 33 heavy (non-hydrogen) atoms. The Bertz CT molecular complexity index is 950. The Balaban J connectivity index is 1.60. The molecule has 3 rings (SSSR count). The van der Waals surface area contributed by atoms with Crippen LogP contribution in [-0.2, 0) is 20.9 Å². The second-order valence-corrected chi connectivity index (χ2v) is 9.55. The highest BCUT2D eigenvalue weighted by Gasteiger charge is 2.34. The predicted molar refractivity (Wildman–Crippen MR) is 126 cm³/mol.